The van der Waals surface area contributed by atoms with Crippen LogP contribution in [0.25, 0.3) is 0 Å². The van der Waals surface area contributed by atoms with Crippen molar-refractivity contribution in [1.29, 1.82) is 0 Å². The van der Waals surface area contributed by atoms with Gasteiger partial charge in [-0.25, -0.2) is 9.59 Å². The monoisotopic (exact) mass is 386 g/mol. The Morgan fingerprint density at radius 3 is 2.21 bits per heavy atom. The normalized spacial score (nSPS) is 10.7. The number of hydrogen-bond donors (Lipinski definition) is 3. The summed E-state index contributed by atoms with van der Waals surface area (Å²) in [5.74, 6) is -3.14. The molecule has 0 saturated carbocycles. The van der Waals surface area contributed by atoms with Crippen LogP contribution in [0.3, 0.4) is 0 Å². The smallest absolute Gasteiger partial charge is 0.336 e. The lowest BCUT2D eigenvalue weighted by Gasteiger charge is -2.18. The van der Waals surface area contributed by atoms with Crippen molar-refractivity contribution in [3.8, 4) is 11.5 Å². The van der Waals surface area contributed by atoms with Crippen LogP contribution >= 0.6 is 0 Å². The highest BCUT2D eigenvalue weighted by Gasteiger charge is 2.25. The maximum absolute atomic E-state index is 12.9. The van der Waals surface area contributed by atoms with Gasteiger partial charge in [0.05, 0.1) is 31.5 Å². The topological polar surface area (TPSA) is 130 Å². The van der Waals surface area contributed by atoms with E-state index in [9.17, 15) is 24.6 Å². The Morgan fingerprint density at radius 1 is 1.00 bits per heavy atom. The molecule has 0 bridgehead atoms. The second-order valence-corrected chi connectivity index (χ2v) is 5.53. The number of ether oxygens (including phenoxy) is 2. The first-order valence-electron chi connectivity index (χ1n) is 8.09. The third kappa shape index (κ3) is 4.61. The Morgan fingerprint density at radius 2 is 1.68 bits per heavy atom. The van der Waals surface area contributed by atoms with Gasteiger partial charge in [0.2, 0.25) is 0 Å². The molecule has 0 radical (unpaired) electrons. The number of rotatable bonds is 8. The highest BCUT2D eigenvalue weighted by molar-refractivity contribution is 6.11. The van der Waals surface area contributed by atoms with E-state index in [2.05, 4.69) is 0 Å². The van der Waals surface area contributed by atoms with Crippen molar-refractivity contribution in [3.05, 3.63) is 70.8 Å². The van der Waals surface area contributed by atoms with E-state index in [-0.39, 0.29) is 28.2 Å². The molecule has 0 fully saturated rings. The van der Waals surface area contributed by atoms with Gasteiger partial charge in [0.15, 0.2) is 11.5 Å². The van der Waals surface area contributed by atoms with Gasteiger partial charge in [-0.1, -0.05) is 30.3 Å². The largest absolute Gasteiger partial charge is 0.496 e. The van der Waals surface area contributed by atoms with Crippen molar-refractivity contribution in [2.45, 2.75) is 13.2 Å². The lowest BCUT2D eigenvalue weighted by atomic mass is 9.96. The number of benzene rings is 2. The third-order valence-corrected chi connectivity index (χ3v) is 3.78. The van der Waals surface area contributed by atoms with Crippen LogP contribution in [0.1, 0.15) is 27.0 Å². The Hall–Kier alpha value is -3.49. The maximum atomic E-state index is 12.9. The molecule has 0 heterocycles. The van der Waals surface area contributed by atoms with Gasteiger partial charge in [-0.05, 0) is 6.07 Å². The molecule has 0 atom stereocenters. The van der Waals surface area contributed by atoms with Crippen LogP contribution in [0.2, 0.25) is 0 Å². The molecule has 0 unspecified atom stereocenters. The third-order valence-electron chi connectivity index (χ3n) is 3.78. The number of aliphatic hydroxyl groups excluding tert-OH is 2. The van der Waals surface area contributed by atoms with E-state index in [0.29, 0.717) is 17.7 Å². The van der Waals surface area contributed by atoms with E-state index < -0.39 is 30.9 Å². The number of hydrogen-bond acceptors (Lipinski definition) is 7. The van der Waals surface area contributed by atoms with Crippen molar-refractivity contribution in [3.63, 3.8) is 0 Å². The summed E-state index contributed by atoms with van der Waals surface area (Å²) in [6.07, 6.45) is 1.26. The van der Waals surface area contributed by atoms with Gasteiger partial charge in [0, 0.05) is 23.3 Å². The maximum Gasteiger partial charge on any atom is 0.336 e. The summed E-state index contributed by atoms with van der Waals surface area (Å²) in [5.41, 5.74) is 0.396. The second-order valence-electron chi connectivity index (χ2n) is 5.53. The summed E-state index contributed by atoms with van der Waals surface area (Å²) >= 11 is 0. The standard InChI is InChI=1S/C20H18O8/c1-27-19-13(10-21)9-14(18(26)12-5-3-2-4-6-12)20(15(19)11-22)28-17(25)8-7-16(23)24/h2-9,21-22H,10-11H2,1H3,(H,23,24)/b8-7-. The molecule has 2 aromatic rings. The van der Waals surface area contributed by atoms with Crippen LogP contribution < -0.4 is 9.47 Å². The molecular formula is C20H18O8. The zero-order valence-corrected chi connectivity index (χ0v) is 14.9. The number of methoxy groups -OCH3 is 1. The van der Waals surface area contributed by atoms with E-state index in [1.165, 1.54) is 13.2 Å². The minimum absolute atomic E-state index is 0.0228. The van der Waals surface area contributed by atoms with Crippen molar-refractivity contribution in [2.75, 3.05) is 7.11 Å². The number of carboxylic acid groups (broad SMARTS) is 1. The molecule has 28 heavy (non-hydrogen) atoms. The first-order valence-corrected chi connectivity index (χ1v) is 8.09. The molecule has 0 amide bonds. The number of esters is 1. The molecule has 0 aliphatic heterocycles. The number of aliphatic carboxylic acids is 1. The van der Waals surface area contributed by atoms with Gasteiger partial charge in [-0.15, -0.1) is 0 Å². The number of aliphatic hydroxyl groups is 2. The molecule has 8 heteroatoms. The van der Waals surface area contributed by atoms with Crippen molar-refractivity contribution in [2.24, 2.45) is 0 Å². The average Bonchev–Trinajstić information content (AvgIpc) is 2.71. The molecule has 146 valence electrons. The Balaban J connectivity index is 2.65. The van der Waals surface area contributed by atoms with E-state index >= 15 is 0 Å². The zero-order chi connectivity index (χ0) is 20.7. The first-order chi connectivity index (χ1) is 13.4. The highest BCUT2D eigenvalue weighted by atomic mass is 16.5. The molecule has 8 nitrogen and oxygen atoms in total. The average molecular weight is 386 g/mol. The fourth-order valence-corrected chi connectivity index (χ4v) is 2.58. The summed E-state index contributed by atoms with van der Waals surface area (Å²) in [7, 11) is 1.29. The van der Waals surface area contributed by atoms with Crippen LogP contribution in [0.15, 0.2) is 48.6 Å². The number of carbonyl (C=O) groups is 3. The van der Waals surface area contributed by atoms with Crippen LogP contribution in [0, 0.1) is 0 Å². The van der Waals surface area contributed by atoms with Gasteiger partial charge in [0.1, 0.15) is 5.75 Å². The van der Waals surface area contributed by atoms with Gasteiger partial charge in [0.25, 0.3) is 0 Å². The zero-order valence-electron chi connectivity index (χ0n) is 14.9. The summed E-state index contributed by atoms with van der Waals surface area (Å²) in [5, 5.41) is 28.0. The van der Waals surface area contributed by atoms with Crippen molar-refractivity contribution < 1.29 is 39.2 Å². The molecular weight excluding hydrogens is 368 g/mol. The molecule has 0 aromatic heterocycles. The predicted octanol–water partition coefficient (Wildman–Crippen LogP) is 1.46. The Labute approximate surface area is 160 Å². The van der Waals surface area contributed by atoms with Crippen LogP contribution in [0.5, 0.6) is 11.5 Å². The number of carbonyl (C=O) groups excluding carboxylic acids is 2. The Bertz CT molecular complexity index is 916. The van der Waals surface area contributed by atoms with E-state index in [0.717, 1.165) is 0 Å². The molecule has 2 rings (SSSR count). The molecule has 2 aromatic carbocycles. The van der Waals surface area contributed by atoms with Crippen LogP contribution in [-0.4, -0.2) is 40.2 Å². The minimum Gasteiger partial charge on any atom is -0.496 e. The number of ketones is 1. The van der Waals surface area contributed by atoms with Gasteiger partial charge in [-0.2, -0.15) is 0 Å². The molecule has 0 aliphatic rings. The van der Waals surface area contributed by atoms with Crippen molar-refractivity contribution >= 4 is 17.7 Å². The second kappa shape index (κ2) is 9.45. The van der Waals surface area contributed by atoms with E-state index in [1.54, 1.807) is 30.3 Å². The predicted molar refractivity (Wildman–Crippen MR) is 97.1 cm³/mol. The fourth-order valence-electron chi connectivity index (χ4n) is 2.58. The molecule has 0 saturated heterocycles. The summed E-state index contributed by atoms with van der Waals surface area (Å²) in [4.78, 5) is 35.5. The summed E-state index contributed by atoms with van der Waals surface area (Å²) in [6.45, 7) is -1.14. The van der Waals surface area contributed by atoms with Gasteiger partial charge >= 0.3 is 11.9 Å². The molecule has 3 N–H and O–H groups in total. The lowest BCUT2D eigenvalue weighted by Crippen LogP contribution is -2.14. The van der Waals surface area contributed by atoms with Crippen molar-refractivity contribution in [1.82, 2.24) is 0 Å². The molecule has 0 spiro atoms. The van der Waals surface area contributed by atoms with Crippen LogP contribution in [-0.2, 0) is 22.8 Å². The van der Waals surface area contributed by atoms with Crippen LogP contribution in [0.4, 0.5) is 0 Å². The quantitative estimate of drug-likeness (QED) is 0.269. The SMILES string of the molecule is COc1c(CO)cc(C(=O)c2ccccc2)c(OC(=O)/C=C\C(=O)O)c1CO. The summed E-state index contributed by atoms with van der Waals surface area (Å²) < 4.78 is 10.4. The lowest BCUT2D eigenvalue weighted by molar-refractivity contribution is -0.133. The highest BCUT2D eigenvalue weighted by Crippen LogP contribution is 2.37. The van der Waals surface area contributed by atoms with Gasteiger partial charge < -0.3 is 24.8 Å². The van der Waals surface area contributed by atoms with E-state index in [4.69, 9.17) is 14.6 Å². The van der Waals surface area contributed by atoms with E-state index in [1.807, 2.05) is 0 Å². The Kier molecular flexibility index (Phi) is 7.02. The molecule has 0 aliphatic carbocycles. The first kappa shape index (κ1) is 20.8. The fraction of sp³-hybridized carbons (Fsp3) is 0.150. The van der Waals surface area contributed by atoms with Gasteiger partial charge in [-0.3, -0.25) is 4.79 Å². The minimum atomic E-state index is -1.35. The number of carboxylic acids is 1. The summed E-state index contributed by atoms with van der Waals surface area (Å²) in [6, 6.07) is 9.44.